The number of nitrogens with one attached hydrogen (secondary N) is 1. The standard InChI is InChI=1S/C12H17BrN2O3S/c1-8(12-3-2-6-18-12)15-19(16,17)9-4-5-10(13)11(14)7-9/h4-5,7-8,12,15H,2-3,6,14H2,1H3. The third-order valence-electron chi connectivity index (χ3n) is 3.14. The average Bonchev–Trinajstić information content (AvgIpc) is 2.85. The molecule has 0 bridgehead atoms. The van der Waals surface area contributed by atoms with Crippen LogP contribution in [0.3, 0.4) is 0 Å². The van der Waals surface area contributed by atoms with E-state index in [9.17, 15) is 8.42 Å². The zero-order chi connectivity index (χ0) is 14.0. The second kappa shape index (κ2) is 5.78. The Balaban J connectivity index is 2.15. The molecule has 0 saturated carbocycles. The largest absolute Gasteiger partial charge is 0.398 e. The van der Waals surface area contributed by atoms with Crippen LogP contribution < -0.4 is 10.5 Å². The van der Waals surface area contributed by atoms with Gasteiger partial charge in [-0.3, -0.25) is 0 Å². The lowest BCUT2D eigenvalue weighted by Crippen LogP contribution is -2.40. The summed E-state index contributed by atoms with van der Waals surface area (Å²) in [5.74, 6) is 0. The summed E-state index contributed by atoms with van der Waals surface area (Å²) in [6, 6.07) is 4.33. The van der Waals surface area contributed by atoms with Gasteiger partial charge in [0, 0.05) is 22.8 Å². The number of sulfonamides is 1. The molecule has 2 atom stereocenters. The van der Waals surface area contributed by atoms with Gasteiger partial charge in [-0.2, -0.15) is 0 Å². The Morgan fingerprint density at radius 1 is 1.53 bits per heavy atom. The van der Waals surface area contributed by atoms with Crippen LogP contribution >= 0.6 is 15.9 Å². The molecule has 19 heavy (non-hydrogen) atoms. The summed E-state index contributed by atoms with van der Waals surface area (Å²) in [5.41, 5.74) is 6.10. The highest BCUT2D eigenvalue weighted by Gasteiger charge is 2.27. The second-order valence-corrected chi connectivity index (χ2v) is 7.21. The highest BCUT2D eigenvalue weighted by molar-refractivity contribution is 9.10. The molecular weight excluding hydrogens is 332 g/mol. The highest BCUT2D eigenvalue weighted by Crippen LogP contribution is 2.23. The van der Waals surface area contributed by atoms with Crippen molar-refractivity contribution in [2.24, 2.45) is 0 Å². The number of ether oxygens (including phenoxy) is 1. The molecule has 2 rings (SSSR count). The predicted molar refractivity (Wildman–Crippen MR) is 77.3 cm³/mol. The van der Waals surface area contributed by atoms with Crippen LogP contribution in [0.15, 0.2) is 27.6 Å². The van der Waals surface area contributed by atoms with Crippen LogP contribution in [-0.2, 0) is 14.8 Å². The zero-order valence-corrected chi connectivity index (χ0v) is 13.0. The van der Waals surface area contributed by atoms with Crippen molar-refractivity contribution in [2.75, 3.05) is 12.3 Å². The van der Waals surface area contributed by atoms with Crippen molar-refractivity contribution < 1.29 is 13.2 Å². The lowest BCUT2D eigenvalue weighted by Gasteiger charge is -2.20. The molecule has 1 aliphatic heterocycles. The van der Waals surface area contributed by atoms with E-state index in [1.807, 2.05) is 6.92 Å². The van der Waals surface area contributed by atoms with Gasteiger partial charge in [0.25, 0.3) is 0 Å². The van der Waals surface area contributed by atoms with Crippen LogP contribution in [0, 0.1) is 0 Å². The minimum Gasteiger partial charge on any atom is -0.398 e. The number of anilines is 1. The van der Waals surface area contributed by atoms with Gasteiger partial charge in [-0.25, -0.2) is 13.1 Å². The van der Waals surface area contributed by atoms with Gasteiger partial charge in [-0.1, -0.05) is 0 Å². The fourth-order valence-electron chi connectivity index (χ4n) is 2.07. The van der Waals surface area contributed by atoms with Crippen LogP contribution in [0.2, 0.25) is 0 Å². The molecule has 1 saturated heterocycles. The molecular formula is C12H17BrN2O3S. The van der Waals surface area contributed by atoms with Gasteiger partial charge >= 0.3 is 0 Å². The summed E-state index contributed by atoms with van der Waals surface area (Å²) in [7, 11) is -3.57. The normalized spacial score (nSPS) is 21.5. The Morgan fingerprint density at radius 2 is 2.26 bits per heavy atom. The van der Waals surface area contributed by atoms with E-state index in [1.165, 1.54) is 12.1 Å². The molecule has 0 aliphatic carbocycles. The van der Waals surface area contributed by atoms with Crippen LogP contribution in [0.5, 0.6) is 0 Å². The highest BCUT2D eigenvalue weighted by atomic mass is 79.9. The lowest BCUT2D eigenvalue weighted by molar-refractivity contribution is 0.0902. The summed E-state index contributed by atoms with van der Waals surface area (Å²) >= 11 is 3.24. The summed E-state index contributed by atoms with van der Waals surface area (Å²) in [6.45, 7) is 2.51. The molecule has 0 amide bonds. The fourth-order valence-corrected chi connectivity index (χ4v) is 3.63. The van der Waals surface area contributed by atoms with E-state index in [2.05, 4.69) is 20.7 Å². The van der Waals surface area contributed by atoms with Crippen LogP contribution in [0.25, 0.3) is 0 Å². The molecule has 0 spiro atoms. The van der Waals surface area contributed by atoms with Gasteiger partial charge in [0.15, 0.2) is 0 Å². The Hall–Kier alpha value is -0.630. The van der Waals surface area contributed by atoms with Crippen LogP contribution in [0.4, 0.5) is 5.69 Å². The van der Waals surface area contributed by atoms with Crippen molar-refractivity contribution in [3.05, 3.63) is 22.7 Å². The summed E-state index contributed by atoms with van der Waals surface area (Å²) in [4.78, 5) is 0.165. The third kappa shape index (κ3) is 3.47. The number of hydrogen-bond donors (Lipinski definition) is 2. The minimum atomic E-state index is -3.57. The van der Waals surface area contributed by atoms with Crippen molar-refractivity contribution in [2.45, 2.75) is 36.8 Å². The number of benzene rings is 1. The van der Waals surface area contributed by atoms with Crippen molar-refractivity contribution in [3.63, 3.8) is 0 Å². The Labute approximate surface area is 121 Å². The van der Waals surface area contributed by atoms with Gasteiger partial charge in [0.05, 0.1) is 11.0 Å². The molecule has 1 aromatic carbocycles. The van der Waals surface area contributed by atoms with E-state index in [1.54, 1.807) is 6.07 Å². The predicted octanol–water partition coefficient (Wildman–Crippen LogP) is 1.88. The monoisotopic (exact) mass is 348 g/mol. The summed E-state index contributed by atoms with van der Waals surface area (Å²) in [6.07, 6.45) is 1.80. The maximum absolute atomic E-state index is 12.2. The molecule has 1 fully saturated rings. The second-order valence-electron chi connectivity index (χ2n) is 4.64. The zero-order valence-electron chi connectivity index (χ0n) is 10.6. The smallest absolute Gasteiger partial charge is 0.240 e. The molecule has 7 heteroatoms. The number of nitrogens with two attached hydrogens (primary N) is 1. The topological polar surface area (TPSA) is 81.4 Å². The van der Waals surface area contributed by atoms with Crippen LogP contribution in [0.1, 0.15) is 19.8 Å². The van der Waals surface area contributed by atoms with Gasteiger partial charge in [0.1, 0.15) is 0 Å². The van der Waals surface area contributed by atoms with Gasteiger partial charge < -0.3 is 10.5 Å². The molecule has 1 aliphatic rings. The maximum Gasteiger partial charge on any atom is 0.240 e. The number of halogens is 1. The summed E-state index contributed by atoms with van der Waals surface area (Å²) in [5, 5.41) is 0. The lowest BCUT2D eigenvalue weighted by atomic mass is 10.1. The molecule has 3 N–H and O–H groups in total. The number of nitrogen functional groups attached to an aromatic ring is 1. The fraction of sp³-hybridized carbons (Fsp3) is 0.500. The SMILES string of the molecule is CC(NS(=O)(=O)c1ccc(Br)c(N)c1)C1CCCO1. The van der Waals surface area contributed by atoms with E-state index in [0.717, 1.165) is 12.8 Å². The van der Waals surface area contributed by atoms with Crippen molar-refractivity contribution in [1.82, 2.24) is 4.72 Å². The van der Waals surface area contributed by atoms with Gasteiger partial charge in [-0.15, -0.1) is 0 Å². The first kappa shape index (κ1) is 14.8. The Morgan fingerprint density at radius 3 is 2.84 bits per heavy atom. The molecule has 1 aromatic rings. The molecule has 5 nitrogen and oxygen atoms in total. The quantitative estimate of drug-likeness (QED) is 0.814. The maximum atomic E-state index is 12.2. The van der Waals surface area contributed by atoms with Crippen molar-refractivity contribution in [1.29, 1.82) is 0 Å². The van der Waals surface area contributed by atoms with E-state index in [4.69, 9.17) is 10.5 Å². The first-order valence-electron chi connectivity index (χ1n) is 6.09. The molecule has 1 heterocycles. The molecule has 0 radical (unpaired) electrons. The first-order valence-corrected chi connectivity index (χ1v) is 8.37. The van der Waals surface area contributed by atoms with Gasteiger partial charge in [-0.05, 0) is 53.9 Å². The summed E-state index contributed by atoms with van der Waals surface area (Å²) < 4.78 is 33.2. The third-order valence-corrected chi connectivity index (χ3v) is 5.42. The first-order chi connectivity index (χ1) is 8.90. The number of hydrogen-bond acceptors (Lipinski definition) is 4. The van der Waals surface area contributed by atoms with E-state index in [-0.39, 0.29) is 17.0 Å². The number of rotatable bonds is 4. The average molecular weight is 349 g/mol. The Bertz CT molecular complexity index is 556. The molecule has 2 unspecified atom stereocenters. The molecule has 106 valence electrons. The van der Waals surface area contributed by atoms with E-state index < -0.39 is 10.0 Å². The Kier molecular flexibility index (Phi) is 4.50. The van der Waals surface area contributed by atoms with Gasteiger partial charge in [0.2, 0.25) is 10.0 Å². The van der Waals surface area contributed by atoms with Crippen LogP contribution in [-0.4, -0.2) is 27.2 Å². The van der Waals surface area contributed by atoms with Crippen molar-refractivity contribution in [3.8, 4) is 0 Å². The van der Waals surface area contributed by atoms with Crippen molar-refractivity contribution >= 4 is 31.6 Å². The van der Waals surface area contributed by atoms with E-state index in [0.29, 0.717) is 16.8 Å². The van der Waals surface area contributed by atoms with E-state index >= 15 is 0 Å². The minimum absolute atomic E-state index is 0.0532. The molecule has 0 aromatic heterocycles.